The van der Waals surface area contributed by atoms with Gasteiger partial charge in [-0.25, -0.2) is 0 Å². The second-order valence-corrected chi connectivity index (χ2v) is 5.08. The van der Waals surface area contributed by atoms with Gasteiger partial charge in [-0.3, -0.25) is 4.98 Å². The van der Waals surface area contributed by atoms with Crippen LogP contribution in [0.1, 0.15) is 69.4 Å². The third kappa shape index (κ3) is 10.8. The summed E-state index contributed by atoms with van der Waals surface area (Å²) in [6, 6.07) is 8.66. The average Bonchev–Trinajstić information content (AvgIpc) is 2.62. The van der Waals surface area contributed by atoms with E-state index in [1.807, 2.05) is 47.0 Å². The van der Waals surface area contributed by atoms with Gasteiger partial charge in [-0.05, 0) is 56.4 Å². The zero-order chi connectivity index (χ0) is 19.0. The maximum atomic E-state index is 4.06. The van der Waals surface area contributed by atoms with Gasteiger partial charge in [-0.15, -0.1) is 0 Å². The standard InChI is InChI=1S/C11H14.C8H11N.2C2H6/c1-4-5-11-8-9(2)6-7-10(11)3;1-3-8-4-7(2)5-9-6-8;2*1-2/h4-8H,1-3H3;4-6H,3H2,1-2H3;2*1-2H3/b5-4-;;;. The van der Waals surface area contributed by atoms with Gasteiger partial charge < -0.3 is 0 Å². The van der Waals surface area contributed by atoms with Crippen LogP contribution in [0.25, 0.3) is 6.08 Å². The molecule has 0 bridgehead atoms. The predicted molar refractivity (Wildman–Crippen MR) is 112 cm³/mol. The van der Waals surface area contributed by atoms with Gasteiger partial charge in [-0.2, -0.15) is 0 Å². The second-order valence-electron chi connectivity index (χ2n) is 5.08. The molecule has 0 unspecified atom stereocenters. The lowest BCUT2D eigenvalue weighted by Crippen LogP contribution is -1.82. The summed E-state index contributed by atoms with van der Waals surface area (Å²) in [7, 11) is 0. The van der Waals surface area contributed by atoms with Crippen LogP contribution in [-0.2, 0) is 6.42 Å². The highest BCUT2D eigenvalue weighted by Crippen LogP contribution is 2.11. The normalized spacial score (nSPS) is 9.04. The smallest absolute Gasteiger partial charge is 0.0299 e. The maximum absolute atomic E-state index is 4.06. The van der Waals surface area contributed by atoms with Crippen LogP contribution in [0.5, 0.6) is 0 Å². The van der Waals surface area contributed by atoms with Gasteiger partial charge in [0.15, 0.2) is 0 Å². The maximum Gasteiger partial charge on any atom is 0.0299 e. The minimum Gasteiger partial charge on any atom is -0.264 e. The molecule has 2 aromatic rings. The van der Waals surface area contributed by atoms with Crippen LogP contribution in [0.15, 0.2) is 42.7 Å². The lowest BCUT2D eigenvalue weighted by atomic mass is 10.1. The molecule has 1 aromatic heterocycles. The average molecular weight is 328 g/mol. The van der Waals surface area contributed by atoms with Crippen molar-refractivity contribution in [1.82, 2.24) is 4.98 Å². The molecule has 24 heavy (non-hydrogen) atoms. The first-order valence-electron chi connectivity index (χ1n) is 9.17. The number of rotatable bonds is 2. The van der Waals surface area contributed by atoms with Crippen LogP contribution in [0, 0.1) is 20.8 Å². The van der Waals surface area contributed by atoms with E-state index in [0.717, 1.165) is 6.42 Å². The lowest BCUT2D eigenvalue weighted by molar-refractivity contribution is 1.09. The molecule has 134 valence electrons. The van der Waals surface area contributed by atoms with Crippen LogP contribution in [0.2, 0.25) is 0 Å². The zero-order valence-electron chi connectivity index (χ0n) is 17.3. The summed E-state index contributed by atoms with van der Waals surface area (Å²) in [6.07, 6.45) is 9.07. The molecule has 0 saturated heterocycles. The van der Waals surface area contributed by atoms with Crippen molar-refractivity contribution in [2.24, 2.45) is 0 Å². The quantitative estimate of drug-likeness (QED) is 0.562. The third-order valence-electron chi connectivity index (χ3n) is 3.12. The summed E-state index contributed by atoms with van der Waals surface area (Å²) in [5.74, 6) is 0. The molecule has 2 rings (SSSR count). The lowest BCUT2D eigenvalue weighted by Gasteiger charge is -2.00. The van der Waals surface area contributed by atoms with Crippen molar-refractivity contribution in [3.05, 3.63) is 70.6 Å². The summed E-state index contributed by atoms with van der Waals surface area (Å²) in [4.78, 5) is 4.06. The van der Waals surface area contributed by atoms with Crippen molar-refractivity contribution in [3.8, 4) is 0 Å². The molecule has 0 radical (unpaired) electrons. The van der Waals surface area contributed by atoms with Gasteiger partial charge in [0.1, 0.15) is 0 Å². The molecular formula is C23H37N. The van der Waals surface area contributed by atoms with Crippen molar-refractivity contribution in [3.63, 3.8) is 0 Å². The van der Waals surface area contributed by atoms with Crippen molar-refractivity contribution >= 4 is 6.08 Å². The number of aryl methyl sites for hydroxylation is 4. The molecule has 0 aliphatic carbocycles. The zero-order valence-corrected chi connectivity index (χ0v) is 17.3. The minimum atomic E-state index is 1.08. The number of hydrogen-bond donors (Lipinski definition) is 0. The molecule has 0 N–H and O–H groups in total. The first-order valence-corrected chi connectivity index (χ1v) is 9.17. The van der Waals surface area contributed by atoms with Gasteiger partial charge in [0.25, 0.3) is 0 Å². The van der Waals surface area contributed by atoms with E-state index < -0.39 is 0 Å². The Hall–Kier alpha value is -1.89. The van der Waals surface area contributed by atoms with E-state index in [1.165, 1.54) is 27.8 Å². The van der Waals surface area contributed by atoms with Gasteiger partial charge in [-0.1, -0.05) is 76.6 Å². The Balaban J connectivity index is 0. The molecule has 0 atom stereocenters. The van der Waals surface area contributed by atoms with E-state index in [0.29, 0.717) is 0 Å². The van der Waals surface area contributed by atoms with Crippen LogP contribution in [-0.4, -0.2) is 4.98 Å². The van der Waals surface area contributed by atoms with Crippen LogP contribution in [0.3, 0.4) is 0 Å². The topological polar surface area (TPSA) is 12.9 Å². The van der Waals surface area contributed by atoms with Crippen molar-refractivity contribution in [1.29, 1.82) is 0 Å². The van der Waals surface area contributed by atoms with Crippen LogP contribution >= 0.6 is 0 Å². The molecule has 0 aliphatic rings. The number of allylic oxidation sites excluding steroid dienone is 1. The Bertz CT molecular complexity index is 568. The third-order valence-corrected chi connectivity index (χ3v) is 3.12. The van der Waals surface area contributed by atoms with E-state index in [-0.39, 0.29) is 0 Å². The molecule has 1 nitrogen and oxygen atoms in total. The molecule has 1 aromatic carbocycles. The van der Waals surface area contributed by atoms with E-state index in [4.69, 9.17) is 0 Å². The van der Waals surface area contributed by atoms with E-state index in [1.54, 1.807) is 0 Å². The fourth-order valence-electron chi connectivity index (χ4n) is 1.93. The number of aromatic nitrogens is 1. The highest BCUT2D eigenvalue weighted by molar-refractivity contribution is 5.54. The summed E-state index contributed by atoms with van der Waals surface area (Å²) >= 11 is 0. The summed E-state index contributed by atoms with van der Waals surface area (Å²) < 4.78 is 0. The second kappa shape index (κ2) is 16.0. The number of pyridine rings is 1. The molecule has 0 fully saturated rings. The monoisotopic (exact) mass is 327 g/mol. The van der Waals surface area contributed by atoms with Gasteiger partial charge in [0.05, 0.1) is 0 Å². The Labute approximate surface area is 150 Å². The highest BCUT2D eigenvalue weighted by atomic mass is 14.6. The summed E-state index contributed by atoms with van der Waals surface area (Å²) in [5, 5.41) is 0. The molecule has 1 heteroatoms. The van der Waals surface area contributed by atoms with Gasteiger partial charge in [0, 0.05) is 12.4 Å². The first-order chi connectivity index (χ1) is 11.6. The van der Waals surface area contributed by atoms with Crippen LogP contribution < -0.4 is 0 Å². The Kier molecular flexibility index (Phi) is 16.2. The Morgan fingerprint density at radius 2 is 1.50 bits per heavy atom. The fraction of sp³-hybridized carbons (Fsp3) is 0.435. The van der Waals surface area contributed by atoms with E-state index in [9.17, 15) is 0 Å². The summed E-state index contributed by atoms with van der Waals surface area (Å²) in [6.45, 7) is 18.5. The number of hydrogen-bond acceptors (Lipinski definition) is 1. The van der Waals surface area contributed by atoms with Crippen molar-refractivity contribution in [2.75, 3.05) is 0 Å². The largest absolute Gasteiger partial charge is 0.264 e. The number of nitrogens with zero attached hydrogens (tertiary/aromatic N) is 1. The Morgan fingerprint density at radius 1 is 0.875 bits per heavy atom. The first kappa shape index (κ1) is 24.4. The molecule has 0 saturated carbocycles. The van der Waals surface area contributed by atoms with E-state index >= 15 is 0 Å². The summed E-state index contributed by atoms with van der Waals surface area (Å²) in [5.41, 5.74) is 6.55. The minimum absolute atomic E-state index is 1.08. The molecule has 1 heterocycles. The fourth-order valence-corrected chi connectivity index (χ4v) is 1.93. The van der Waals surface area contributed by atoms with Crippen LogP contribution in [0.4, 0.5) is 0 Å². The van der Waals surface area contributed by atoms with Gasteiger partial charge in [0.2, 0.25) is 0 Å². The highest BCUT2D eigenvalue weighted by Gasteiger charge is 1.92. The molecule has 0 spiro atoms. The Morgan fingerprint density at radius 3 is 1.96 bits per heavy atom. The molecule has 0 aliphatic heterocycles. The van der Waals surface area contributed by atoms with Crippen molar-refractivity contribution in [2.45, 2.75) is 68.7 Å². The SMILES string of the molecule is C/C=C\c1cc(C)ccc1C.CC.CC.CCc1cncc(C)c1. The van der Waals surface area contributed by atoms with E-state index in [2.05, 4.69) is 69.1 Å². The van der Waals surface area contributed by atoms with Gasteiger partial charge >= 0.3 is 0 Å². The molecule has 0 amide bonds. The predicted octanol–water partition coefficient (Wildman–Crippen LogP) is 7.34. The number of benzene rings is 1. The van der Waals surface area contributed by atoms with Crippen molar-refractivity contribution < 1.29 is 0 Å². The molecular weight excluding hydrogens is 290 g/mol.